The molecule has 1 fully saturated rings. The van der Waals surface area contributed by atoms with Crippen LogP contribution in [0, 0.1) is 6.07 Å². The minimum absolute atomic E-state index is 0.108. The number of carbonyl (C=O) groups excluding carboxylic acids is 1. The summed E-state index contributed by atoms with van der Waals surface area (Å²) in [5.74, 6) is 2.32. The molecule has 32 heavy (non-hydrogen) atoms. The van der Waals surface area contributed by atoms with Crippen molar-refractivity contribution in [1.29, 1.82) is 0 Å². The first-order valence-corrected chi connectivity index (χ1v) is 11.2. The molecule has 5 nitrogen and oxygen atoms in total. The van der Waals surface area contributed by atoms with Gasteiger partial charge < -0.3 is 14.4 Å². The zero-order valence-electron chi connectivity index (χ0n) is 18.7. The molecule has 1 amide bonds. The van der Waals surface area contributed by atoms with Crippen LogP contribution in [0.2, 0.25) is 0 Å². The normalized spacial score (nSPS) is 14.1. The number of benzene rings is 2. The molecule has 5 heteroatoms. The SMILES string of the molecule is CN(C)C(=O)c1cc(OCc2ccncc2)cc(Oc2c[c]c(C3CCCCC3)cc2)c1. The number of pyridine rings is 1. The Kier molecular flexibility index (Phi) is 7.05. The molecule has 0 aliphatic heterocycles. The summed E-state index contributed by atoms with van der Waals surface area (Å²) in [5, 5.41) is 0. The molecule has 0 atom stereocenters. The van der Waals surface area contributed by atoms with Crippen molar-refractivity contribution < 1.29 is 14.3 Å². The smallest absolute Gasteiger partial charge is 0.253 e. The fraction of sp³-hybridized carbons (Fsp3) is 0.333. The van der Waals surface area contributed by atoms with E-state index in [0.717, 1.165) is 5.56 Å². The lowest BCUT2D eigenvalue weighted by atomic mass is 9.84. The molecule has 3 aromatic rings. The van der Waals surface area contributed by atoms with Crippen molar-refractivity contribution in [2.24, 2.45) is 0 Å². The molecule has 4 rings (SSSR count). The Morgan fingerprint density at radius 3 is 2.44 bits per heavy atom. The van der Waals surface area contributed by atoms with E-state index in [1.54, 1.807) is 43.5 Å². The Balaban J connectivity index is 1.52. The van der Waals surface area contributed by atoms with Crippen LogP contribution < -0.4 is 9.47 Å². The molecule has 0 unspecified atom stereocenters. The van der Waals surface area contributed by atoms with E-state index in [-0.39, 0.29) is 5.91 Å². The quantitative estimate of drug-likeness (QED) is 0.462. The van der Waals surface area contributed by atoms with Crippen molar-refractivity contribution in [1.82, 2.24) is 9.88 Å². The van der Waals surface area contributed by atoms with Gasteiger partial charge in [-0.3, -0.25) is 9.78 Å². The van der Waals surface area contributed by atoms with Crippen molar-refractivity contribution in [2.45, 2.75) is 44.6 Å². The van der Waals surface area contributed by atoms with Gasteiger partial charge in [-0.25, -0.2) is 0 Å². The van der Waals surface area contributed by atoms with Crippen LogP contribution in [0.15, 0.2) is 60.9 Å². The summed E-state index contributed by atoms with van der Waals surface area (Å²) in [7, 11) is 3.46. The van der Waals surface area contributed by atoms with Gasteiger partial charge in [0.25, 0.3) is 5.91 Å². The zero-order chi connectivity index (χ0) is 22.3. The number of nitrogens with zero attached hydrogens (tertiary/aromatic N) is 2. The first-order valence-electron chi connectivity index (χ1n) is 11.2. The third-order valence-electron chi connectivity index (χ3n) is 5.78. The van der Waals surface area contributed by atoms with Crippen LogP contribution in [0.5, 0.6) is 17.2 Å². The van der Waals surface area contributed by atoms with Crippen molar-refractivity contribution in [3.8, 4) is 17.2 Å². The molecule has 165 valence electrons. The highest BCUT2D eigenvalue weighted by atomic mass is 16.5. The average molecular weight is 430 g/mol. The minimum atomic E-state index is -0.108. The lowest BCUT2D eigenvalue weighted by Gasteiger charge is -2.21. The van der Waals surface area contributed by atoms with Gasteiger partial charge in [-0.2, -0.15) is 0 Å². The van der Waals surface area contributed by atoms with Crippen LogP contribution in [-0.2, 0) is 6.61 Å². The summed E-state index contributed by atoms with van der Waals surface area (Å²) in [6, 6.07) is 18.5. The summed E-state index contributed by atoms with van der Waals surface area (Å²) in [6.45, 7) is 0.380. The molecule has 0 bridgehead atoms. The van der Waals surface area contributed by atoms with Gasteiger partial charge in [-0.1, -0.05) is 25.3 Å². The lowest BCUT2D eigenvalue weighted by molar-refractivity contribution is 0.0826. The fourth-order valence-corrected chi connectivity index (χ4v) is 4.03. The predicted molar refractivity (Wildman–Crippen MR) is 124 cm³/mol. The van der Waals surface area contributed by atoms with Crippen LogP contribution in [0.1, 0.15) is 59.5 Å². The molecule has 0 saturated heterocycles. The maximum atomic E-state index is 12.6. The number of hydrogen-bond donors (Lipinski definition) is 0. The van der Waals surface area contributed by atoms with Crippen LogP contribution >= 0.6 is 0 Å². The van der Waals surface area contributed by atoms with Gasteiger partial charge in [0.1, 0.15) is 23.9 Å². The highest BCUT2D eigenvalue weighted by Gasteiger charge is 2.16. The second-order valence-corrected chi connectivity index (χ2v) is 8.45. The Morgan fingerprint density at radius 2 is 1.75 bits per heavy atom. The van der Waals surface area contributed by atoms with Crippen LogP contribution in [0.25, 0.3) is 0 Å². The standard InChI is InChI=1S/C27H29N2O3/c1-29(2)27(30)23-16-25(31-19-20-12-14-28-15-13-20)18-26(17-23)32-24-10-8-22(9-11-24)21-6-4-3-5-7-21/h8,10-18,21H,3-7,19H2,1-2H3. The van der Waals surface area contributed by atoms with E-state index in [1.807, 2.05) is 30.3 Å². The second-order valence-electron chi connectivity index (χ2n) is 8.45. The van der Waals surface area contributed by atoms with Gasteiger partial charge in [0.05, 0.1) is 0 Å². The highest BCUT2D eigenvalue weighted by molar-refractivity contribution is 5.94. The molecule has 1 aromatic heterocycles. The lowest BCUT2D eigenvalue weighted by Crippen LogP contribution is -2.21. The van der Waals surface area contributed by atoms with Gasteiger partial charge >= 0.3 is 0 Å². The van der Waals surface area contributed by atoms with Crippen molar-refractivity contribution in [3.05, 3.63) is 83.7 Å². The van der Waals surface area contributed by atoms with Crippen molar-refractivity contribution in [3.63, 3.8) is 0 Å². The Morgan fingerprint density at radius 1 is 1.00 bits per heavy atom. The number of aromatic nitrogens is 1. The topological polar surface area (TPSA) is 51.7 Å². The van der Waals surface area contributed by atoms with Gasteiger partial charge in [-0.05, 0) is 72.4 Å². The Hall–Kier alpha value is -3.34. The second kappa shape index (κ2) is 10.3. The number of amides is 1. The highest BCUT2D eigenvalue weighted by Crippen LogP contribution is 2.34. The minimum Gasteiger partial charge on any atom is -0.489 e. The molecular formula is C27H29N2O3. The molecule has 1 aliphatic rings. The first-order chi connectivity index (χ1) is 15.6. The van der Waals surface area contributed by atoms with E-state index in [1.165, 1.54) is 37.7 Å². The van der Waals surface area contributed by atoms with Crippen LogP contribution in [-0.4, -0.2) is 29.9 Å². The molecule has 1 aliphatic carbocycles. The molecule has 1 radical (unpaired) electrons. The van der Waals surface area contributed by atoms with Crippen LogP contribution in [0.4, 0.5) is 0 Å². The van der Waals surface area contributed by atoms with Crippen LogP contribution in [0.3, 0.4) is 0 Å². The fourth-order valence-electron chi connectivity index (χ4n) is 4.03. The van der Waals surface area contributed by atoms with E-state index in [4.69, 9.17) is 9.47 Å². The van der Waals surface area contributed by atoms with Gasteiger partial charge in [0, 0.05) is 38.1 Å². The summed E-state index contributed by atoms with van der Waals surface area (Å²) >= 11 is 0. The Labute approximate surface area is 190 Å². The summed E-state index contributed by atoms with van der Waals surface area (Å²) < 4.78 is 12.0. The van der Waals surface area contributed by atoms with E-state index in [2.05, 4.69) is 17.1 Å². The van der Waals surface area contributed by atoms with Gasteiger partial charge in [0.2, 0.25) is 0 Å². The van der Waals surface area contributed by atoms with Crippen molar-refractivity contribution in [2.75, 3.05) is 14.1 Å². The molecule has 1 heterocycles. The third-order valence-corrected chi connectivity index (χ3v) is 5.78. The van der Waals surface area contributed by atoms with Gasteiger partial charge in [0.15, 0.2) is 0 Å². The maximum absolute atomic E-state index is 12.6. The zero-order valence-corrected chi connectivity index (χ0v) is 18.7. The first kappa shape index (κ1) is 21.9. The Bertz CT molecular complexity index is 1030. The third kappa shape index (κ3) is 5.67. The molecule has 0 N–H and O–H groups in total. The number of carbonyl (C=O) groups is 1. The molecule has 2 aromatic carbocycles. The van der Waals surface area contributed by atoms with E-state index in [0.29, 0.717) is 35.3 Å². The predicted octanol–water partition coefficient (Wildman–Crippen LogP) is 6.00. The van der Waals surface area contributed by atoms with Crippen molar-refractivity contribution >= 4 is 5.91 Å². The average Bonchev–Trinajstić information content (AvgIpc) is 2.84. The van der Waals surface area contributed by atoms with E-state index >= 15 is 0 Å². The number of hydrogen-bond acceptors (Lipinski definition) is 4. The maximum Gasteiger partial charge on any atom is 0.253 e. The molecular weight excluding hydrogens is 400 g/mol. The molecule has 1 saturated carbocycles. The van der Waals surface area contributed by atoms with E-state index in [9.17, 15) is 4.79 Å². The monoisotopic (exact) mass is 429 g/mol. The largest absolute Gasteiger partial charge is 0.489 e. The molecule has 0 spiro atoms. The number of rotatable bonds is 7. The van der Waals surface area contributed by atoms with Gasteiger partial charge in [-0.15, -0.1) is 0 Å². The summed E-state index contributed by atoms with van der Waals surface area (Å²) in [6.07, 6.45) is 9.87. The number of ether oxygens (including phenoxy) is 2. The summed E-state index contributed by atoms with van der Waals surface area (Å²) in [4.78, 5) is 18.2. The summed E-state index contributed by atoms with van der Waals surface area (Å²) in [5.41, 5.74) is 2.77. The van der Waals surface area contributed by atoms with E-state index < -0.39 is 0 Å².